The van der Waals surface area contributed by atoms with E-state index in [1.807, 2.05) is 0 Å². The van der Waals surface area contributed by atoms with Crippen LogP contribution < -0.4 is 0 Å². The summed E-state index contributed by atoms with van der Waals surface area (Å²) in [6.45, 7) is 6.87. The van der Waals surface area contributed by atoms with E-state index in [0.717, 1.165) is 11.8 Å². The second kappa shape index (κ2) is 4.89. The van der Waals surface area contributed by atoms with Crippen LogP contribution in [-0.4, -0.2) is 5.33 Å². The van der Waals surface area contributed by atoms with Crippen molar-refractivity contribution in [2.24, 2.45) is 0 Å². The van der Waals surface area contributed by atoms with Gasteiger partial charge in [-0.1, -0.05) is 69.5 Å². The van der Waals surface area contributed by atoms with E-state index in [2.05, 4.69) is 70.8 Å². The molecule has 2 rings (SSSR count). The maximum Gasteiger partial charge on any atom is 0.0297 e. The Labute approximate surface area is 121 Å². The summed E-state index contributed by atoms with van der Waals surface area (Å²) in [5.74, 6) is 0. The van der Waals surface area contributed by atoms with Gasteiger partial charge in [-0.25, -0.2) is 0 Å². The van der Waals surface area contributed by atoms with Gasteiger partial charge in [-0.15, -0.1) is 0 Å². The van der Waals surface area contributed by atoms with Crippen molar-refractivity contribution >= 4 is 37.4 Å². The third-order valence-electron chi connectivity index (χ3n) is 3.66. The number of allylic oxidation sites excluding steroid dienone is 2. The zero-order chi connectivity index (χ0) is 12.6. The molecule has 0 unspecified atom stereocenters. The standard InChI is InChI=1S/C15H18Br2/c1-10-4-5-11-12(9-16)14(17)6-7-15(2,3)13(11)8-10/h4-5,8H,6-7,9H2,1-3H3. The van der Waals surface area contributed by atoms with Crippen molar-refractivity contribution in [3.8, 4) is 0 Å². The Bertz CT molecular complexity index is 470. The molecule has 0 aromatic heterocycles. The van der Waals surface area contributed by atoms with E-state index in [0.29, 0.717) is 0 Å². The molecular weight excluding hydrogens is 340 g/mol. The number of hydrogen-bond donors (Lipinski definition) is 0. The zero-order valence-corrected chi connectivity index (χ0v) is 13.8. The van der Waals surface area contributed by atoms with Crippen molar-refractivity contribution in [3.05, 3.63) is 39.4 Å². The molecule has 0 bridgehead atoms. The van der Waals surface area contributed by atoms with Crippen LogP contribution in [0.5, 0.6) is 0 Å². The lowest BCUT2D eigenvalue weighted by Gasteiger charge is -2.26. The number of alkyl halides is 1. The molecule has 0 saturated heterocycles. The molecule has 0 amide bonds. The predicted molar refractivity (Wildman–Crippen MR) is 83.1 cm³/mol. The molecule has 1 aliphatic carbocycles. The number of rotatable bonds is 1. The molecule has 0 nitrogen and oxygen atoms in total. The monoisotopic (exact) mass is 356 g/mol. The second-order valence-corrected chi connectivity index (χ2v) is 6.97. The topological polar surface area (TPSA) is 0 Å². The van der Waals surface area contributed by atoms with Crippen LogP contribution >= 0.6 is 31.9 Å². The fourth-order valence-electron chi connectivity index (χ4n) is 2.48. The van der Waals surface area contributed by atoms with Gasteiger partial charge in [0.2, 0.25) is 0 Å². The molecule has 1 aromatic carbocycles. The lowest BCUT2D eigenvalue weighted by molar-refractivity contribution is 0.486. The van der Waals surface area contributed by atoms with Crippen molar-refractivity contribution in [1.29, 1.82) is 0 Å². The molecule has 0 atom stereocenters. The van der Waals surface area contributed by atoms with Gasteiger partial charge in [-0.05, 0) is 46.4 Å². The molecule has 1 aliphatic rings. The summed E-state index contributed by atoms with van der Waals surface area (Å²) in [4.78, 5) is 0. The van der Waals surface area contributed by atoms with Crippen LogP contribution in [0, 0.1) is 6.92 Å². The van der Waals surface area contributed by atoms with Crippen molar-refractivity contribution in [3.63, 3.8) is 0 Å². The Morgan fingerprint density at radius 1 is 1.29 bits per heavy atom. The third-order valence-corrected chi connectivity index (χ3v) is 5.10. The van der Waals surface area contributed by atoms with E-state index in [9.17, 15) is 0 Å². The minimum Gasteiger partial charge on any atom is -0.0876 e. The summed E-state index contributed by atoms with van der Waals surface area (Å²) in [5, 5.41) is 0.916. The van der Waals surface area contributed by atoms with Gasteiger partial charge in [0, 0.05) is 5.33 Å². The van der Waals surface area contributed by atoms with Crippen molar-refractivity contribution in [2.75, 3.05) is 5.33 Å². The maximum atomic E-state index is 3.75. The SMILES string of the molecule is Cc1ccc2c(c1)C(C)(C)CCC(Br)=C2CBr. The normalized spacial score (nSPS) is 18.9. The minimum absolute atomic E-state index is 0.254. The molecule has 0 fully saturated rings. The fourth-order valence-corrected chi connectivity index (χ4v) is 4.05. The van der Waals surface area contributed by atoms with Crippen molar-refractivity contribution in [2.45, 2.75) is 39.0 Å². The van der Waals surface area contributed by atoms with E-state index < -0.39 is 0 Å². The Hall–Kier alpha value is -0.0800. The quantitative estimate of drug-likeness (QED) is 0.576. The first-order valence-corrected chi connectivity index (χ1v) is 7.92. The molecule has 0 saturated carbocycles. The van der Waals surface area contributed by atoms with Crippen LogP contribution in [0.15, 0.2) is 22.7 Å². The van der Waals surface area contributed by atoms with Crippen LogP contribution in [0.25, 0.3) is 5.57 Å². The van der Waals surface area contributed by atoms with Gasteiger partial charge < -0.3 is 0 Å². The molecule has 0 radical (unpaired) electrons. The van der Waals surface area contributed by atoms with Gasteiger partial charge in [0.25, 0.3) is 0 Å². The van der Waals surface area contributed by atoms with Crippen molar-refractivity contribution < 1.29 is 0 Å². The molecule has 92 valence electrons. The van der Waals surface area contributed by atoms with Gasteiger partial charge in [-0.3, -0.25) is 0 Å². The summed E-state index contributed by atoms with van der Waals surface area (Å²) in [7, 11) is 0. The lowest BCUT2D eigenvalue weighted by Crippen LogP contribution is -2.17. The Morgan fingerprint density at radius 2 is 2.00 bits per heavy atom. The summed E-state index contributed by atoms with van der Waals surface area (Å²) in [5.41, 5.74) is 5.90. The average Bonchev–Trinajstić information content (AvgIpc) is 2.37. The lowest BCUT2D eigenvalue weighted by atomic mass is 9.78. The van der Waals surface area contributed by atoms with Crippen LogP contribution in [0.1, 0.15) is 43.4 Å². The summed E-state index contributed by atoms with van der Waals surface area (Å²) < 4.78 is 1.35. The number of halogens is 2. The van der Waals surface area contributed by atoms with E-state index in [-0.39, 0.29) is 5.41 Å². The van der Waals surface area contributed by atoms with Gasteiger partial charge >= 0.3 is 0 Å². The predicted octanol–water partition coefficient (Wildman–Crippen LogP) is 5.57. The first-order valence-electron chi connectivity index (χ1n) is 6.00. The highest BCUT2D eigenvalue weighted by atomic mass is 79.9. The van der Waals surface area contributed by atoms with E-state index in [1.54, 1.807) is 0 Å². The third kappa shape index (κ3) is 2.53. The van der Waals surface area contributed by atoms with Gasteiger partial charge in [-0.2, -0.15) is 0 Å². The summed E-state index contributed by atoms with van der Waals surface area (Å²) in [6.07, 6.45) is 2.32. The number of fused-ring (bicyclic) bond motifs is 1. The van der Waals surface area contributed by atoms with Crippen LogP contribution in [0.2, 0.25) is 0 Å². The summed E-state index contributed by atoms with van der Waals surface area (Å²) >= 11 is 7.38. The van der Waals surface area contributed by atoms with Crippen LogP contribution in [0.4, 0.5) is 0 Å². The highest BCUT2D eigenvalue weighted by Crippen LogP contribution is 2.42. The average molecular weight is 358 g/mol. The molecule has 0 heterocycles. The highest BCUT2D eigenvalue weighted by molar-refractivity contribution is 9.12. The molecule has 2 heteroatoms. The van der Waals surface area contributed by atoms with E-state index in [4.69, 9.17) is 0 Å². The van der Waals surface area contributed by atoms with Crippen LogP contribution in [-0.2, 0) is 5.41 Å². The van der Waals surface area contributed by atoms with Crippen molar-refractivity contribution in [1.82, 2.24) is 0 Å². The van der Waals surface area contributed by atoms with Crippen LogP contribution in [0.3, 0.4) is 0 Å². The molecule has 17 heavy (non-hydrogen) atoms. The number of hydrogen-bond acceptors (Lipinski definition) is 0. The molecule has 0 N–H and O–H groups in total. The Balaban J connectivity index is 2.69. The number of benzene rings is 1. The molecule has 1 aromatic rings. The van der Waals surface area contributed by atoms with Gasteiger partial charge in [0.15, 0.2) is 0 Å². The second-order valence-electron chi connectivity index (χ2n) is 5.45. The molecule has 0 spiro atoms. The first-order chi connectivity index (χ1) is 7.95. The smallest absolute Gasteiger partial charge is 0.0297 e. The van der Waals surface area contributed by atoms with E-state index in [1.165, 1.54) is 33.2 Å². The minimum atomic E-state index is 0.254. The largest absolute Gasteiger partial charge is 0.0876 e. The number of aryl methyl sites for hydroxylation is 1. The van der Waals surface area contributed by atoms with Gasteiger partial charge in [0.05, 0.1) is 0 Å². The highest BCUT2D eigenvalue weighted by Gasteiger charge is 2.28. The zero-order valence-electron chi connectivity index (χ0n) is 10.6. The maximum absolute atomic E-state index is 3.75. The summed E-state index contributed by atoms with van der Waals surface area (Å²) in [6, 6.07) is 6.84. The van der Waals surface area contributed by atoms with Gasteiger partial charge in [0.1, 0.15) is 0 Å². The Kier molecular flexibility index (Phi) is 3.84. The fraction of sp³-hybridized carbons (Fsp3) is 0.467. The van der Waals surface area contributed by atoms with E-state index >= 15 is 0 Å². The first kappa shape index (κ1) is 13.4. The molecular formula is C15H18Br2. The Morgan fingerprint density at radius 3 is 2.65 bits per heavy atom. The molecule has 0 aliphatic heterocycles.